The molecule has 0 saturated heterocycles. The standard InChI is InChI=1S/C13H17FOS/c1-3-6-16-9-13(15)8-11-4-5-12(14)7-10(11)2/h4-5,7H,3,6,8-9H2,1-2H3. The molecule has 1 aromatic rings. The van der Waals surface area contributed by atoms with Crippen LogP contribution in [0, 0.1) is 12.7 Å². The number of hydrogen-bond acceptors (Lipinski definition) is 2. The maximum Gasteiger partial charge on any atom is 0.147 e. The van der Waals surface area contributed by atoms with Crippen molar-refractivity contribution in [2.24, 2.45) is 0 Å². The highest BCUT2D eigenvalue weighted by Gasteiger charge is 2.06. The number of aryl methyl sites for hydroxylation is 1. The summed E-state index contributed by atoms with van der Waals surface area (Å²) in [5.41, 5.74) is 1.79. The zero-order valence-corrected chi connectivity index (χ0v) is 10.6. The minimum Gasteiger partial charge on any atom is -0.298 e. The zero-order valence-electron chi connectivity index (χ0n) is 9.75. The van der Waals surface area contributed by atoms with Crippen LogP contribution in [0.5, 0.6) is 0 Å². The average molecular weight is 240 g/mol. The summed E-state index contributed by atoms with van der Waals surface area (Å²) in [5.74, 6) is 1.56. The van der Waals surface area contributed by atoms with Gasteiger partial charge in [-0.3, -0.25) is 4.79 Å². The summed E-state index contributed by atoms with van der Waals surface area (Å²) < 4.78 is 12.8. The third kappa shape index (κ3) is 4.35. The van der Waals surface area contributed by atoms with E-state index >= 15 is 0 Å². The highest BCUT2D eigenvalue weighted by Crippen LogP contribution is 2.12. The Morgan fingerprint density at radius 2 is 2.19 bits per heavy atom. The molecule has 1 rings (SSSR count). The van der Waals surface area contributed by atoms with Crippen LogP contribution in [-0.4, -0.2) is 17.3 Å². The molecule has 1 nitrogen and oxygen atoms in total. The summed E-state index contributed by atoms with van der Waals surface area (Å²) in [6, 6.07) is 4.59. The van der Waals surface area contributed by atoms with E-state index < -0.39 is 0 Å². The highest BCUT2D eigenvalue weighted by molar-refractivity contribution is 7.99. The Hall–Kier alpha value is -0.830. The van der Waals surface area contributed by atoms with Crippen LogP contribution < -0.4 is 0 Å². The van der Waals surface area contributed by atoms with Crippen molar-refractivity contribution in [3.8, 4) is 0 Å². The fraction of sp³-hybridized carbons (Fsp3) is 0.462. The molecule has 0 aliphatic rings. The van der Waals surface area contributed by atoms with Crippen molar-refractivity contribution in [1.29, 1.82) is 0 Å². The van der Waals surface area contributed by atoms with Gasteiger partial charge in [0.15, 0.2) is 0 Å². The Kier molecular flexibility index (Phi) is 5.53. The lowest BCUT2D eigenvalue weighted by atomic mass is 10.0. The van der Waals surface area contributed by atoms with Crippen LogP contribution in [0.1, 0.15) is 24.5 Å². The maximum absolute atomic E-state index is 12.8. The van der Waals surface area contributed by atoms with Crippen molar-refractivity contribution >= 4 is 17.5 Å². The van der Waals surface area contributed by atoms with Crippen LogP contribution in [0.2, 0.25) is 0 Å². The van der Waals surface area contributed by atoms with Crippen LogP contribution in [0.25, 0.3) is 0 Å². The molecule has 0 aliphatic carbocycles. The van der Waals surface area contributed by atoms with Crippen molar-refractivity contribution in [2.75, 3.05) is 11.5 Å². The molecular weight excluding hydrogens is 223 g/mol. The molecule has 0 spiro atoms. The van der Waals surface area contributed by atoms with Crippen molar-refractivity contribution in [2.45, 2.75) is 26.7 Å². The van der Waals surface area contributed by atoms with Crippen LogP contribution in [0.4, 0.5) is 4.39 Å². The van der Waals surface area contributed by atoms with Gasteiger partial charge in [-0.1, -0.05) is 13.0 Å². The number of carbonyl (C=O) groups is 1. The third-order valence-corrected chi connectivity index (χ3v) is 3.53. The van der Waals surface area contributed by atoms with Gasteiger partial charge in [-0.05, 0) is 42.4 Å². The van der Waals surface area contributed by atoms with Crippen LogP contribution >= 0.6 is 11.8 Å². The topological polar surface area (TPSA) is 17.1 Å². The molecule has 0 aliphatic heterocycles. The number of ketones is 1. The summed E-state index contributed by atoms with van der Waals surface area (Å²) in [4.78, 5) is 11.6. The lowest BCUT2D eigenvalue weighted by Gasteiger charge is -2.05. The second kappa shape index (κ2) is 6.69. The predicted octanol–water partition coefficient (Wildman–Crippen LogP) is 3.39. The van der Waals surface area contributed by atoms with Gasteiger partial charge >= 0.3 is 0 Å². The molecular formula is C13H17FOS. The Morgan fingerprint density at radius 1 is 1.44 bits per heavy atom. The quantitative estimate of drug-likeness (QED) is 0.709. The Morgan fingerprint density at radius 3 is 2.81 bits per heavy atom. The zero-order chi connectivity index (χ0) is 12.0. The van der Waals surface area contributed by atoms with Crippen molar-refractivity contribution in [3.05, 3.63) is 35.1 Å². The van der Waals surface area contributed by atoms with E-state index in [2.05, 4.69) is 6.92 Å². The number of halogens is 1. The van der Waals surface area contributed by atoms with Crippen molar-refractivity contribution < 1.29 is 9.18 Å². The number of thioether (sulfide) groups is 1. The van der Waals surface area contributed by atoms with Gasteiger partial charge in [-0.2, -0.15) is 11.8 Å². The largest absolute Gasteiger partial charge is 0.298 e. The molecule has 88 valence electrons. The first-order chi connectivity index (χ1) is 7.63. The smallest absolute Gasteiger partial charge is 0.147 e. The second-order valence-electron chi connectivity index (χ2n) is 3.84. The molecule has 0 aromatic heterocycles. The van der Waals surface area contributed by atoms with Crippen LogP contribution in [-0.2, 0) is 11.2 Å². The lowest BCUT2D eigenvalue weighted by Crippen LogP contribution is -2.07. The summed E-state index contributed by atoms with van der Waals surface area (Å²) in [5, 5.41) is 0. The Labute approximate surface area is 100 Å². The molecule has 0 amide bonds. The van der Waals surface area contributed by atoms with Gasteiger partial charge in [0.25, 0.3) is 0 Å². The summed E-state index contributed by atoms with van der Waals surface area (Å²) in [6.45, 7) is 3.94. The molecule has 0 radical (unpaired) electrons. The number of carbonyl (C=O) groups excluding carboxylic acids is 1. The third-order valence-electron chi connectivity index (χ3n) is 2.30. The molecule has 0 heterocycles. The molecule has 0 atom stereocenters. The van der Waals surface area contributed by atoms with Crippen molar-refractivity contribution in [1.82, 2.24) is 0 Å². The van der Waals surface area contributed by atoms with Gasteiger partial charge in [0, 0.05) is 6.42 Å². The monoisotopic (exact) mass is 240 g/mol. The van der Waals surface area contributed by atoms with Gasteiger partial charge in [0.05, 0.1) is 5.75 Å². The fourth-order valence-electron chi connectivity index (χ4n) is 1.45. The van der Waals surface area contributed by atoms with E-state index in [1.54, 1.807) is 17.8 Å². The molecule has 0 saturated carbocycles. The lowest BCUT2D eigenvalue weighted by molar-refractivity contribution is -0.116. The summed E-state index contributed by atoms with van der Waals surface area (Å²) in [6.07, 6.45) is 1.51. The van der Waals surface area contributed by atoms with E-state index in [4.69, 9.17) is 0 Å². The summed E-state index contributed by atoms with van der Waals surface area (Å²) >= 11 is 1.67. The molecule has 3 heteroatoms. The molecule has 16 heavy (non-hydrogen) atoms. The predicted molar refractivity (Wildman–Crippen MR) is 67.5 cm³/mol. The minimum atomic E-state index is -0.242. The first-order valence-corrected chi connectivity index (χ1v) is 6.63. The molecule has 0 fully saturated rings. The van der Waals surface area contributed by atoms with E-state index in [0.29, 0.717) is 12.2 Å². The van der Waals surface area contributed by atoms with Gasteiger partial charge in [0.1, 0.15) is 11.6 Å². The Bertz CT molecular complexity index is 363. The fourth-order valence-corrected chi connectivity index (χ4v) is 2.21. The number of hydrogen-bond donors (Lipinski definition) is 0. The van der Waals surface area contributed by atoms with E-state index in [1.165, 1.54) is 12.1 Å². The number of Topliss-reactive ketones (excluding diaryl/α,β-unsaturated/α-hetero) is 1. The van der Waals surface area contributed by atoms with E-state index in [9.17, 15) is 9.18 Å². The van der Waals surface area contributed by atoms with Crippen molar-refractivity contribution in [3.63, 3.8) is 0 Å². The van der Waals surface area contributed by atoms with Gasteiger partial charge in [-0.25, -0.2) is 4.39 Å². The number of benzene rings is 1. The maximum atomic E-state index is 12.8. The highest BCUT2D eigenvalue weighted by atomic mass is 32.2. The summed E-state index contributed by atoms with van der Waals surface area (Å²) in [7, 11) is 0. The molecule has 1 aromatic carbocycles. The van der Waals surface area contributed by atoms with Gasteiger partial charge < -0.3 is 0 Å². The Balaban J connectivity index is 2.49. The average Bonchev–Trinajstić information content (AvgIpc) is 2.23. The minimum absolute atomic E-state index is 0.216. The van der Waals surface area contributed by atoms with E-state index in [-0.39, 0.29) is 11.6 Å². The number of rotatable bonds is 6. The normalized spacial score (nSPS) is 10.4. The SMILES string of the molecule is CCCSCC(=O)Cc1ccc(F)cc1C. The first-order valence-electron chi connectivity index (χ1n) is 5.48. The van der Waals surface area contributed by atoms with Gasteiger partial charge in [0.2, 0.25) is 0 Å². The molecule has 0 unspecified atom stereocenters. The van der Waals surface area contributed by atoms with Crippen LogP contribution in [0.15, 0.2) is 18.2 Å². The van der Waals surface area contributed by atoms with E-state index in [0.717, 1.165) is 23.3 Å². The second-order valence-corrected chi connectivity index (χ2v) is 4.94. The van der Waals surface area contributed by atoms with Gasteiger partial charge in [-0.15, -0.1) is 0 Å². The molecule has 0 bridgehead atoms. The van der Waals surface area contributed by atoms with Crippen LogP contribution in [0.3, 0.4) is 0 Å². The van der Waals surface area contributed by atoms with E-state index in [1.807, 2.05) is 6.92 Å². The first kappa shape index (κ1) is 13.2. The molecule has 0 N–H and O–H groups in total.